The fourth-order valence-corrected chi connectivity index (χ4v) is 3.36. The number of cyclic esters (lactones) is 1. The van der Waals surface area contributed by atoms with Crippen molar-refractivity contribution in [1.82, 2.24) is 5.32 Å². The number of amides is 1. The summed E-state index contributed by atoms with van der Waals surface area (Å²) in [6.45, 7) is 3.96. The van der Waals surface area contributed by atoms with Crippen LogP contribution in [0.3, 0.4) is 0 Å². The summed E-state index contributed by atoms with van der Waals surface area (Å²) < 4.78 is 11.6. The van der Waals surface area contributed by atoms with E-state index in [1.807, 2.05) is 6.92 Å². The van der Waals surface area contributed by atoms with Crippen molar-refractivity contribution in [2.45, 2.75) is 64.3 Å². The van der Waals surface area contributed by atoms with E-state index in [0.717, 1.165) is 0 Å². The molecule has 0 spiro atoms. The number of phenols is 1. The highest BCUT2D eigenvalue weighted by molar-refractivity contribution is 5.94. The van der Waals surface area contributed by atoms with Crippen molar-refractivity contribution in [2.75, 3.05) is 6.61 Å². The molecule has 1 aromatic carbocycles. The first-order valence-corrected chi connectivity index (χ1v) is 10.8. The molecule has 1 amide bonds. The van der Waals surface area contributed by atoms with Gasteiger partial charge in [-0.25, -0.2) is 4.79 Å². The van der Waals surface area contributed by atoms with E-state index in [2.05, 4.69) is 17.2 Å². The van der Waals surface area contributed by atoms with Crippen molar-refractivity contribution < 1.29 is 29.3 Å². The SMILES string of the molecule is CCC#C/C=C\C(=O)N/C=C/C[C@H]1C[C@@H](C[C@@H](C)O)OCCc2cccc(O)c2C(=O)O1. The van der Waals surface area contributed by atoms with Gasteiger partial charge < -0.3 is 25.0 Å². The summed E-state index contributed by atoms with van der Waals surface area (Å²) in [5, 5.41) is 22.6. The van der Waals surface area contributed by atoms with E-state index in [0.29, 0.717) is 44.3 Å². The van der Waals surface area contributed by atoms with Gasteiger partial charge >= 0.3 is 5.97 Å². The molecule has 7 nitrogen and oxygen atoms in total. The summed E-state index contributed by atoms with van der Waals surface area (Å²) in [7, 11) is 0. The monoisotopic (exact) mass is 441 g/mol. The van der Waals surface area contributed by atoms with Gasteiger partial charge in [-0.05, 0) is 37.5 Å². The van der Waals surface area contributed by atoms with E-state index in [9.17, 15) is 19.8 Å². The lowest BCUT2D eigenvalue weighted by Gasteiger charge is -2.26. The minimum Gasteiger partial charge on any atom is -0.507 e. The van der Waals surface area contributed by atoms with Crippen LogP contribution >= 0.6 is 0 Å². The zero-order valence-corrected chi connectivity index (χ0v) is 18.5. The molecular weight excluding hydrogens is 410 g/mol. The van der Waals surface area contributed by atoms with Crippen LogP contribution < -0.4 is 5.32 Å². The molecular formula is C25H31NO6. The maximum Gasteiger partial charge on any atom is 0.342 e. The van der Waals surface area contributed by atoms with Gasteiger partial charge in [0.2, 0.25) is 5.91 Å². The minimum atomic E-state index is -0.601. The molecule has 2 rings (SSSR count). The highest BCUT2D eigenvalue weighted by Gasteiger charge is 2.26. The first kappa shape index (κ1) is 25.2. The first-order valence-electron chi connectivity index (χ1n) is 10.8. The number of carbonyl (C=O) groups excluding carboxylic acids is 2. The van der Waals surface area contributed by atoms with Gasteiger partial charge in [0.05, 0.1) is 18.8 Å². The number of ether oxygens (including phenoxy) is 2. The Morgan fingerprint density at radius 3 is 2.94 bits per heavy atom. The molecule has 0 aromatic heterocycles. The molecule has 0 radical (unpaired) electrons. The molecule has 172 valence electrons. The topological polar surface area (TPSA) is 105 Å². The van der Waals surface area contributed by atoms with Gasteiger partial charge in [-0.15, -0.1) is 0 Å². The lowest BCUT2D eigenvalue weighted by molar-refractivity contribution is -0.115. The molecule has 0 unspecified atom stereocenters. The number of rotatable bonds is 6. The minimum absolute atomic E-state index is 0.131. The number of carbonyl (C=O) groups is 2. The molecule has 0 aliphatic carbocycles. The van der Waals surface area contributed by atoms with Crippen LogP contribution in [-0.4, -0.2) is 47.0 Å². The van der Waals surface area contributed by atoms with E-state index >= 15 is 0 Å². The highest BCUT2D eigenvalue weighted by Crippen LogP contribution is 2.26. The Bertz CT molecular complexity index is 893. The predicted molar refractivity (Wildman–Crippen MR) is 121 cm³/mol. The van der Waals surface area contributed by atoms with Crippen LogP contribution in [0.2, 0.25) is 0 Å². The molecule has 7 heteroatoms. The van der Waals surface area contributed by atoms with Crippen molar-refractivity contribution in [3.8, 4) is 17.6 Å². The van der Waals surface area contributed by atoms with Gasteiger partial charge in [0, 0.05) is 31.5 Å². The molecule has 32 heavy (non-hydrogen) atoms. The molecule has 0 bridgehead atoms. The summed E-state index contributed by atoms with van der Waals surface area (Å²) in [4.78, 5) is 24.6. The number of nitrogens with one attached hydrogen (secondary N) is 1. The quantitative estimate of drug-likeness (QED) is 0.356. The lowest BCUT2D eigenvalue weighted by atomic mass is 10.0. The number of aromatic hydroxyl groups is 1. The average Bonchev–Trinajstić information content (AvgIpc) is 2.73. The number of esters is 1. The fraction of sp³-hybridized carbons (Fsp3) is 0.440. The van der Waals surface area contributed by atoms with Crippen LogP contribution in [0.4, 0.5) is 0 Å². The number of aliphatic hydroxyl groups is 1. The van der Waals surface area contributed by atoms with Gasteiger partial charge in [-0.3, -0.25) is 4.79 Å². The summed E-state index contributed by atoms with van der Waals surface area (Å²) in [5.41, 5.74) is 0.790. The van der Waals surface area contributed by atoms with Crippen molar-refractivity contribution in [3.05, 3.63) is 53.8 Å². The number of benzene rings is 1. The highest BCUT2D eigenvalue weighted by atomic mass is 16.5. The molecule has 1 heterocycles. The zero-order valence-electron chi connectivity index (χ0n) is 18.5. The van der Waals surface area contributed by atoms with Crippen LogP contribution in [0, 0.1) is 11.8 Å². The predicted octanol–water partition coefficient (Wildman–Crippen LogP) is 3.01. The Hall–Kier alpha value is -3.08. The van der Waals surface area contributed by atoms with E-state index in [1.54, 1.807) is 25.1 Å². The largest absolute Gasteiger partial charge is 0.507 e. The molecule has 1 aromatic rings. The number of aliphatic hydroxyl groups excluding tert-OH is 1. The smallest absolute Gasteiger partial charge is 0.342 e. The van der Waals surface area contributed by atoms with E-state index < -0.39 is 18.2 Å². The molecule has 1 aliphatic heterocycles. The summed E-state index contributed by atoms with van der Waals surface area (Å²) in [6.07, 6.45) is 6.86. The van der Waals surface area contributed by atoms with Gasteiger partial charge in [-0.1, -0.05) is 37.0 Å². The molecule has 0 fully saturated rings. The van der Waals surface area contributed by atoms with Crippen LogP contribution in [0.25, 0.3) is 0 Å². The number of fused-ring (bicyclic) bond motifs is 1. The Labute approximate surface area is 189 Å². The summed E-state index contributed by atoms with van der Waals surface area (Å²) in [6, 6.07) is 4.88. The van der Waals surface area contributed by atoms with Crippen molar-refractivity contribution >= 4 is 11.9 Å². The Morgan fingerprint density at radius 2 is 2.19 bits per heavy atom. The molecule has 0 saturated carbocycles. The van der Waals surface area contributed by atoms with Gasteiger partial charge in [0.1, 0.15) is 17.4 Å². The Morgan fingerprint density at radius 1 is 1.38 bits per heavy atom. The normalized spacial score (nSPS) is 20.2. The third kappa shape index (κ3) is 8.58. The summed E-state index contributed by atoms with van der Waals surface area (Å²) in [5.74, 6) is 4.53. The first-order chi connectivity index (χ1) is 15.4. The standard InChI is InChI=1S/C25H31NO6/c1-3-4-5-6-12-23(29)26-14-8-10-20-17-21(16-18(2)27)31-15-13-19-9-7-11-22(28)24(19)25(30)32-20/h6-9,11-12,14,18,20-21,27-28H,3,10,13,15-17H2,1-2H3,(H,26,29)/b12-6-,14-8+/t18-,20+,21-/m1/s1. The zero-order chi connectivity index (χ0) is 23.3. The maximum absolute atomic E-state index is 12.8. The Balaban J connectivity index is 2.09. The summed E-state index contributed by atoms with van der Waals surface area (Å²) >= 11 is 0. The number of phenolic OH excluding ortho intramolecular Hbond substituents is 1. The molecule has 3 N–H and O–H groups in total. The van der Waals surface area contributed by atoms with Crippen molar-refractivity contribution in [1.29, 1.82) is 0 Å². The second kappa shape index (κ2) is 13.4. The molecule has 0 saturated heterocycles. The third-order valence-electron chi connectivity index (χ3n) is 4.80. The third-order valence-corrected chi connectivity index (χ3v) is 4.80. The van der Waals surface area contributed by atoms with Crippen LogP contribution in [-0.2, 0) is 20.7 Å². The number of allylic oxidation sites excluding steroid dienone is 1. The molecule has 1 aliphatic rings. The second-order valence-electron chi connectivity index (χ2n) is 7.56. The van der Waals surface area contributed by atoms with Gasteiger partial charge in [0.15, 0.2) is 0 Å². The van der Waals surface area contributed by atoms with Crippen LogP contribution in [0.5, 0.6) is 5.75 Å². The van der Waals surface area contributed by atoms with Gasteiger partial charge in [0.25, 0.3) is 0 Å². The Kier molecular flexibility index (Phi) is 10.5. The van der Waals surface area contributed by atoms with Crippen LogP contribution in [0.15, 0.2) is 42.6 Å². The molecule has 3 atom stereocenters. The fourth-order valence-electron chi connectivity index (χ4n) is 3.36. The van der Waals surface area contributed by atoms with Crippen molar-refractivity contribution in [2.24, 2.45) is 0 Å². The van der Waals surface area contributed by atoms with E-state index in [1.165, 1.54) is 24.4 Å². The second-order valence-corrected chi connectivity index (χ2v) is 7.56. The average molecular weight is 442 g/mol. The van der Waals surface area contributed by atoms with Gasteiger partial charge in [-0.2, -0.15) is 0 Å². The van der Waals surface area contributed by atoms with Crippen LogP contribution in [0.1, 0.15) is 55.5 Å². The van der Waals surface area contributed by atoms with E-state index in [-0.39, 0.29) is 23.3 Å². The maximum atomic E-state index is 12.8. The number of hydrogen-bond acceptors (Lipinski definition) is 6. The lowest BCUT2D eigenvalue weighted by Crippen LogP contribution is -2.30. The number of hydrogen-bond donors (Lipinski definition) is 3. The van der Waals surface area contributed by atoms with Crippen molar-refractivity contribution in [3.63, 3.8) is 0 Å². The van der Waals surface area contributed by atoms with E-state index in [4.69, 9.17) is 9.47 Å².